The van der Waals surface area contributed by atoms with Crippen LogP contribution in [0.5, 0.6) is 5.75 Å². The average Bonchev–Trinajstić information content (AvgIpc) is 2.97. The predicted octanol–water partition coefficient (Wildman–Crippen LogP) is 2.83. The van der Waals surface area contributed by atoms with Crippen LogP contribution in [0, 0.1) is 0 Å². The molecule has 1 aromatic rings. The van der Waals surface area contributed by atoms with Gasteiger partial charge in [0, 0.05) is 12.2 Å². The molecule has 1 saturated heterocycles. The quantitative estimate of drug-likeness (QED) is 0.777. The first kappa shape index (κ1) is 14.9. The average molecular weight is 278 g/mol. The molecule has 0 aromatic heterocycles. The minimum atomic E-state index is -1.01. The van der Waals surface area contributed by atoms with Gasteiger partial charge in [-0.25, -0.2) is 4.79 Å². The van der Waals surface area contributed by atoms with Crippen LogP contribution >= 0.6 is 0 Å². The summed E-state index contributed by atoms with van der Waals surface area (Å²) in [5.74, 6) is 0.362. The third kappa shape index (κ3) is 2.52. The Balaban J connectivity index is 2.53. The van der Waals surface area contributed by atoms with Crippen molar-refractivity contribution >= 4 is 5.97 Å². The molecule has 0 spiro atoms. The maximum absolute atomic E-state index is 12.3. The standard InChI is InChI=1S/C16H22O4/c1-4-12-7-8-14(19-5-2)13(11-12)16(15(17)18-3)9-6-10-20-16/h7-8,11H,4-6,9-10H2,1-3H3/t16-/m1/s1. The number of rotatable bonds is 5. The maximum atomic E-state index is 12.3. The lowest BCUT2D eigenvalue weighted by Crippen LogP contribution is -2.36. The van der Waals surface area contributed by atoms with E-state index in [1.54, 1.807) is 0 Å². The third-order valence-electron chi connectivity index (χ3n) is 3.72. The molecule has 20 heavy (non-hydrogen) atoms. The van der Waals surface area contributed by atoms with Gasteiger partial charge >= 0.3 is 5.97 Å². The van der Waals surface area contributed by atoms with E-state index in [0.717, 1.165) is 24.0 Å². The maximum Gasteiger partial charge on any atom is 0.342 e. The zero-order valence-electron chi connectivity index (χ0n) is 12.4. The molecule has 0 aliphatic carbocycles. The van der Waals surface area contributed by atoms with Crippen molar-refractivity contribution in [2.75, 3.05) is 20.3 Å². The van der Waals surface area contributed by atoms with Crippen LogP contribution in [-0.2, 0) is 26.3 Å². The smallest absolute Gasteiger partial charge is 0.342 e. The van der Waals surface area contributed by atoms with E-state index in [-0.39, 0.29) is 5.97 Å². The second kappa shape index (κ2) is 6.27. The van der Waals surface area contributed by atoms with Gasteiger partial charge in [0.15, 0.2) is 5.60 Å². The Morgan fingerprint density at radius 1 is 1.40 bits per heavy atom. The van der Waals surface area contributed by atoms with E-state index in [1.165, 1.54) is 7.11 Å². The largest absolute Gasteiger partial charge is 0.493 e. The highest BCUT2D eigenvalue weighted by molar-refractivity contribution is 5.82. The lowest BCUT2D eigenvalue weighted by atomic mass is 9.88. The topological polar surface area (TPSA) is 44.8 Å². The fourth-order valence-electron chi connectivity index (χ4n) is 2.68. The summed E-state index contributed by atoms with van der Waals surface area (Å²) >= 11 is 0. The molecule has 1 aliphatic heterocycles. The van der Waals surface area contributed by atoms with Gasteiger partial charge in [0.05, 0.1) is 13.7 Å². The molecule has 0 radical (unpaired) electrons. The van der Waals surface area contributed by atoms with Crippen LogP contribution in [0.15, 0.2) is 18.2 Å². The van der Waals surface area contributed by atoms with Crippen molar-refractivity contribution in [2.24, 2.45) is 0 Å². The van der Waals surface area contributed by atoms with Gasteiger partial charge in [-0.15, -0.1) is 0 Å². The van der Waals surface area contributed by atoms with E-state index < -0.39 is 5.60 Å². The van der Waals surface area contributed by atoms with Gasteiger partial charge in [-0.05, 0) is 43.9 Å². The SMILES string of the molecule is CCOc1ccc(CC)cc1[C@@]1(C(=O)OC)CCCO1. The summed E-state index contributed by atoms with van der Waals surface area (Å²) in [5, 5.41) is 0. The Bertz CT molecular complexity index is 475. The van der Waals surface area contributed by atoms with Crippen molar-refractivity contribution in [3.8, 4) is 5.75 Å². The van der Waals surface area contributed by atoms with Crippen LogP contribution < -0.4 is 4.74 Å². The Labute approximate surface area is 120 Å². The number of esters is 1. The number of ether oxygens (including phenoxy) is 3. The second-order valence-corrected chi connectivity index (χ2v) is 4.89. The molecule has 1 atom stereocenters. The number of benzene rings is 1. The summed E-state index contributed by atoms with van der Waals surface area (Å²) in [7, 11) is 1.40. The minimum absolute atomic E-state index is 0.343. The zero-order valence-corrected chi connectivity index (χ0v) is 12.4. The van der Waals surface area contributed by atoms with E-state index in [2.05, 4.69) is 6.92 Å². The number of aryl methyl sites for hydroxylation is 1. The van der Waals surface area contributed by atoms with Crippen molar-refractivity contribution in [2.45, 2.75) is 38.7 Å². The molecule has 1 aromatic carbocycles. The summed E-state index contributed by atoms with van der Waals surface area (Å²) in [6.07, 6.45) is 2.38. The molecule has 1 fully saturated rings. The molecular formula is C16H22O4. The molecule has 110 valence electrons. The number of hydrogen-bond donors (Lipinski definition) is 0. The Morgan fingerprint density at radius 2 is 2.20 bits per heavy atom. The highest BCUT2D eigenvalue weighted by Gasteiger charge is 2.47. The molecule has 0 bridgehead atoms. The summed E-state index contributed by atoms with van der Waals surface area (Å²) < 4.78 is 16.5. The minimum Gasteiger partial charge on any atom is -0.493 e. The highest BCUT2D eigenvalue weighted by Crippen LogP contribution is 2.42. The normalized spacial score (nSPS) is 21.8. The Morgan fingerprint density at radius 3 is 2.75 bits per heavy atom. The number of carbonyl (C=O) groups excluding carboxylic acids is 1. The van der Waals surface area contributed by atoms with Crippen LogP contribution in [0.25, 0.3) is 0 Å². The van der Waals surface area contributed by atoms with Crippen molar-refractivity contribution in [3.05, 3.63) is 29.3 Å². The van der Waals surface area contributed by atoms with Gasteiger partial charge in [0.25, 0.3) is 0 Å². The third-order valence-corrected chi connectivity index (χ3v) is 3.72. The molecule has 4 nitrogen and oxygen atoms in total. The van der Waals surface area contributed by atoms with Gasteiger partial charge < -0.3 is 14.2 Å². The van der Waals surface area contributed by atoms with Gasteiger partial charge in [-0.1, -0.05) is 13.0 Å². The molecule has 1 aliphatic rings. The first-order valence-corrected chi connectivity index (χ1v) is 7.16. The molecule has 0 N–H and O–H groups in total. The highest BCUT2D eigenvalue weighted by atomic mass is 16.6. The molecule has 1 heterocycles. The molecular weight excluding hydrogens is 256 g/mol. The fourth-order valence-corrected chi connectivity index (χ4v) is 2.68. The van der Waals surface area contributed by atoms with Gasteiger partial charge in [0.2, 0.25) is 0 Å². The van der Waals surface area contributed by atoms with Crippen molar-refractivity contribution in [3.63, 3.8) is 0 Å². The lowest BCUT2D eigenvalue weighted by Gasteiger charge is -2.28. The first-order chi connectivity index (χ1) is 9.67. The van der Waals surface area contributed by atoms with E-state index in [9.17, 15) is 4.79 Å². The summed E-state index contributed by atoms with van der Waals surface area (Å²) in [5.41, 5.74) is 0.940. The van der Waals surface area contributed by atoms with Crippen LogP contribution in [-0.4, -0.2) is 26.3 Å². The van der Waals surface area contributed by atoms with Crippen molar-refractivity contribution in [1.82, 2.24) is 0 Å². The second-order valence-electron chi connectivity index (χ2n) is 4.89. The summed E-state index contributed by atoms with van der Waals surface area (Å²) in [6, 6.07) is 5.95. The van der Waals surface area contributed by atoms with Crippen molar-refractivity contribution in [1.29, 1.82) is 0 Å². The first-order valence-electron chi connectivity index (χ1n) is 7.16. The lowest BCUT2D eigenvalue weighted by molar-refractivity contribution is -0.165. The van der Waals surface area contributed by atoms with E-state index in [4.69, 9.17) is 14.2 Å². The Hall–Kier alpha value is -1.55. The fraction of sp³-hybridized carbons (Fsp3) is 0.562. The molecule has 0 saturated carbocycles. The monoisotopic (exact) mass is 278 g/mol. The van der Waals surface area contributed by atoms with Crippen LogP contribution in [0.1, 0.15) is 37.8 Å². The molecule has 0 unspecified atom stereocenters. The number of carbonyl (C=O) groups is 1. The number of methoxy groups -OCH3 is 1. The van der Waals surface area contributed by atoms with Crippen LogP contribution in [0.2, 0.25) is 0 Å². The van der Waals surface area contributed by atoms with Gasteiger partial charge in [0.1, 0.15) is 5.75 Å². The van der Waals surface area contributed by atoms with Crippen LogP contribution in [0.4, 0.5) is 0 Å². The number of hydrogen-bond acceptors (Lipinski definition) is 4. The summed E-state index contributed by atoms with van der Waals surface area (Å²) in [4.78, 5) is 12.3. The summed E-state index contributed by atoms with van der Waals surface area (Å²) in [6.45, 7) is 5.13. The molecule has 2 rings (SSSR count). The molecule has 4 heteroatoms. The van der Waals surface area contributed by atoms with E-state index >= 15 is 0 Å². The zero-order chi connectivity index (χ0) is 14.6. The predicted molar refractivity (Wildman–Crippen MR) is 75.9 cm³/mol. The Kier molecular flexibility index (Phi) is 4.65. The molecule has 0 amide bonds. The van der Waals surface area contributed by atoms with Crippen LogP contribution in [0.3, 0.4) is 0 Å². The van der Waals surface area contributed by atoms with E-state index in [1.807, 2.05) is 25.1 Å². The van der Waals surface area contributed by atoms with Gasteiger partial charge in [-0.2, -0.15) is 0 Å². The van der Waals surface area contributed by atoms with E-state index in [0.29, 0.717) is 25.4 Å². The van der Waals surface area contributed by atoms with Gasteiger partial charge in [-0.3, -0.25) is 0 Å². The van der Waals surface area contributed by atoms with Crippen molar-refractivity contribution < 1.29 is 19.0 Å².